The van der Waals surface area contributed by atoms with E-state index in [4.69, 9.17) is 9.15 Å². The number of imidazole rings is 1. The predicted octanol–water partition coefficient (Wildman–Crippen LogP) is 2.91. The molecule has 6 heteroatoms. The highest BCUT2D eigenvalue weighted by Gasteiger charge is 2.34. The number of carbonyl (C=O) groups is 1. The molecule has 1 fully saturated rings. The molecule has 0 aliphatic carbocycles. The first kappa shape index (κ1) is 15.0. The van der Waals surface area contributed by atoms with E-state index in [9.17, 15) is 4.79 Å². The third-order valence-electron chi connectivity index (χ3n) is 4.40. The maximum absolute atomic E-state index is 12.6. The Balaban J connectivity index is 1.54. The summed E-state index contributed by atoms with van der Waals surface area (Å²) in [7, 11) is 0. The molecule has 24 heavy (non-hydrogen) atoms. The second-order valence-electron chi connectivity index (χ2n) is 5.88. The van der Waals surface area contributed by atoms with E-state index in [1.165, 1.54) is 0 Å². The summed E-state index contributed by atoms with van der Waals surface area (Å²) in [6.45, 7) is 3.48. The number of nitrogens with zero attached hydrogens (tertiary/aromatic N) is 2. The number of carbonyl (C=O) groups excluding carboxylic acids is 1. The zero-order valence-electron chi connectivity index (χ0n) is 13.4. The fourth-order valence-corrected chi connectivity index (χ4v) is 3.17. The van der Waals surface area contributed by atoms with Crippen LogP contribution in [0.5, 0.6) is 0 Å². The van der Waals surface area contributed by atoms with E-state index in [2.05, 4.69) is 17.2 Å². The quantitative estimate of drug-likeness (QED) is 0.801. The highest BCUT2D eigenvalue weighted by Crippen LogP contribution is 2.29. The van der Waals surface area contributed by atoms with Gasteiger partial charge in [0.2, 0.25) is 0 Å². The average Bonchev–Trinajstić information content (AvgIpc) is 3.32. The molecule has 2 atom stereocenters. The molecule has 0 saturated carbocycles. The number of hydrogen-bond donors (Lipinski definition) is 1. The van der Waals surface area contributed by atoms with Crippen LogP contribution in [0.1, 0.15) is 35.8 Å². The minimum Gasteiger partial charge on any atom is -0.451 e. The van der Waals surface area contributed by atoms with Crippen molar-refractivity contribution in [3.8, 4) is 0 Å². The fraction of sp³-hybridized carbons (Fsp3) is 0.333. The molecule has 0 bridgehead atoms. The Labute approximate surface area is 139 Å². The largest absolute Gasteiger partial charge is 0.451 e. The molecule has 4 rings (SSSR count). The van der Waals surface area contributed by atoms with Crippen molar-refractivity contribution in [3.63, 3.8) is 0 Å². The lowest BCUT2D eigenvalue weighted by Gasteiger charge is -2.19. The average molecular weight is 325 g/mol. The lowest BCUT2D eigenvalue weighted by Crippen LogP contribution is -2.37. The third-order valence-corrected chi connectivity index (χ3v) is 4.40. The fourth-order valence-electron chi connectivity index (χ4n) is 3.17. The van der Waals surface area contributed by atoms with E-state index in [1.54, 1.807) is 12.3 Å². The Kier molecular flexibility index (Phi) is 3.82. The number of aromatic nitrogens is 2. The van der Waals surface area contributed by atoms with Gasteiger partial charge in [0.1, 0.15) is 17.5 Å². The number of rotatable bonds is 4. The van der Waals surface area contributed by atoms with Gasteiger partial charge in [0.15, 0.2) is 5.76 Å². The summed E-state index contributed by atoms with van der Waals surface area (Å²) in [5.74, 6) is 0.951. The molecular formula is C18H19N3O3. The van der Waals surface area contributed by atoms with Crippen molar-refractivity contribution in [1.82, 2.24) is 14.9 Å². The van der Waals surface area contributed by atoms with Crippen LogP contribution in [0.4, 0.5) is 0 Å². The van der Waals surface area contributed by atoms with Gasteiger partial charge >= 0.3 is 0 Å². The SMILES string of the molecule is CCn1ccnc1[C@H]1OCC[C@@H]1NC(=O)c1cc2ccccc2o1. The van der Waals surface area contributed by atoms with Crippen LogP contribution in [-0.2, 0) is 11.3 Å². The highest BCUT2D eigenvalue weighted by molar-refractivity contribution is 5.96. The van der Waals surface area contributed by atoms with Gasteiger partial charge < -0.3 is 19.0 Å². The van der Waals surface area contributed by atoms with Crippen molar-refractivity contribution in [2.45, 2.75) is 32.0 Å². The van der Waals surface area contributed by atoms with E-state index < -0.39 is 0 Å². The van der Waals surface area contributed by atoms with Crippen molar-refractivity contribution >= 4 is 16.9 Å². The first-order chi connectivity index (χ1) is 11.8. The number of fused-ring (bicyclic) bond motifs is 1. The number of furan rings is 1. The van der Waals surface area contributed by atoms with Crippen LogP contribution in [0.25, 0.3) is 11.0 Å². The highest BCUT2D eigenvalue weighted by atomic mass is 16.5. The van der Waals surface area contributed by atoms with Gasteiger partial charge in [-0.05, 0) is 25.5 Å². The molecule has 6 nitrogen and oxygen atoms in total. The number of benzene rings is 1. The summed E-state index contributed by atoms with van der Waals surface area (Å²) in [5.41, 5.74) is 0.711. The van der Waals surface area contributed by atoms with E-state index in [1.807, 2.05) is 35.0 Å². The molecule has 3 aromatic rings. The van der Waals surface area contributed by atoms with E-state index >= 15 is 0 Å². The molecule has 1 aromatic carbocycles. The summed E-state index contributed by atoms with van der Waals surface area (Å²) in [6, 6.07) is 9.24. The van der Waals surface area contributed by atoms with E-state index in [0.717, 1.165) is 24.2 Å². The second-order valence-corrected chi connectivity index (χ2v) is 5.88. The van der Waals surface area contributed by atoms with Crippen molar-refractivity contribution in [3.05, 3.63) is 54.3 Å². The number of para-hydroxylation sites is 1. The minimum absolute atomic E-state index is 0.113. The summed E-state index contributed by atoms with van der Waals surface area (Å²) in [6.07, 6.45) is 4.22. The van der Waals surface area contributed by atoms with Crippen LogP contribution >= 0.6 is 0 Å². The maximum atomic E-state index is 12.6. The van der Waals surface area contributed by atoms with Gasteiger partial charge in [-0.1, -0.05) is 18.2 Å². The summed E-state index contributed by atoms with van der Waals surface area (Å²) in [5, 5.41) is 3.95. The van der Waals surface area contributed by atoms with Crippen molar-refractivity contribution in [2.75, 3.05) is 6.61 Å². The third kappa shape index (κ3) is 2.59. The molecule has 0 spiro atoms. The second kappa shape index (κ2) is 6.13. The topological polar surface area (TPSA) is 69.3 Å². The Morgan fingerprint density at radius 2 is 2.29 bits per heavy atom. The van der Waals surface area contributed by atoms with Crippen LogP contribution in [0.15, 0.2) is 47.1 Å². The number of aryl methyl sites for hydroxylation is 1. The maximum Gasteiger partial charge on any atom is 0.287 e. The van der Waals surface area contributed by atoms with Gasteiger partial charge in [0, 0.05) is 30.9 Å². The smallest absolute Gasteiger partial charge is 0.287 e. The standard InChI is InChI=1S/C18H19N3O3/c1-2-21-9-8-19-17(21)16-13(7-10-23-16)20-18(22)15-11-12-5-3-4-6-14(12)24-15/h3-6,8-9,11,13,16H,2,7,10H2,1H3,(H,20,22)/t13-,16-/m0/s1. The molecule has 0 radical (unpaired) electrons. The Morgan fingerprint density at radius 1 is 1.42 bits per heavy atom. The first-order valence-corrected chi connectivity index (χ1v) is 8.18. The van der Waals surface area contributed by atoms with Crippen LogP contribution < -0.4 is 5.32 Å². The number of nitrogens with one attached hydrogen (secondary N) is 1. The van der Waals surface area contributed by atoms with E-state index in [-0.39, 0.29) is 18.1 Å². The van der Waals surface area contributed by atoms with Gasteiger partial charge in [-0.15, -0.1) is 0 Å². The minimum atomic E-state index is -0.228. The van der Waals surface area contributed by atoms with Crippen LogP contribution in [0.2, 0.25) is 0 Å². The van der Waals surface area contributed by atoms with Gasteiger partial charge in [0.05, 0.1) is 6.04 Å². The van der Waals surface area contributed by atoms with Crippen LogP contribution in [0.3, 0.4) is 0 Å². The Bertz CT molecular complexity index is 834. The molecular weight excluding hydrogens is 306 g/mol. The number of ether oxygens (including phenoxy) is 1. The summed E-state index contributed by atoms with van der Waals surface area (Å²) >= 11 is 0. The van der Waals surface area contributed by atoms with Gasteiger partial charge in [-0.3, -0.25) is 4.79 Å². The van der Waals surface area contributed by atoms with Gasteiger partial charge in [-0.25, -0.2) is 4.98 Å². The van der Waals surface area contributed by atoms with Crippen LogP contribution in [0, 0.1) is 0 Å². The Morgan fingerprint density at radius 3 is 3.12 bits per heavy atom. The summed E-state index contributed by atoms with van der Waals surface area (Å²) < 4.78 is 13.5. The first-order valence-electron chi connectivity index (χ1n) is 8.18. The molecule has 1 N–H and O–H groups in total. The molecule has 1 aliphatic rings. The van der Waals surface area contributed by atoms with Gasteiger partial charge in [0.25, 0.3) is 5.91 Å². The summed E-state index contributed by atoms with van der Waals surface area (Å²) in [4.78, 5) is 16.9. The number of hydrogen-bond acceptors (Lipinski definition) is 4. The van der Waals surface area contributed by atoms with E-state index in [0.29, 0.717) is 18.0 Å². The molecule has 2 aromatic heterocycles. The zero-order valence-corrected chi connectivity index (χ0v) is 13.4. The molecule has 124 valence electrons. The predicted molar refractivity (Wildman–Crippen MR) is 88.7 cm³/mol. The zero-order chi connectivity index (χ0) is 16.5. The normalized spacial score (nSPS) is 20.5. The molecule has 0 unspecified atom stereocenters. The Hall–Kier alpha value is -2.60. The lowest BCUT2D eigenvalue weighted by atomic mass is 10.1. The molecule has 1 amide bonds. The van der Waals surface area contributed by atoms with Crippen molar-refractivity contribution in [2.24, 2.45) is 0 Å². The lowest BCUT2D eigenvalue weighted by molar-refractivity contribution is 0.0761. The monoisotopic (exact) mass is 325 g/mol. The molecule has 1 aliphatic heterocycles. The van der Waals surface area contributed by atoms with Crippen molar-refractivity contribution < 1.29 is 13.9 Å². The number of amides is 1. The van der Waals surface area contributed by atoms with Crippen LogP contribution in [-0.4, -0.2) is 28.1 Å². The van der Waals surface area contributed by atoms with Crippen molar-refractivity contribution in [1.29, 1.82) is 0 Å². The molecule has 3 heterocycles. The van der Waals surface area contributed by atoms with Gasteiger partial charge in [-0.2, -0.15) is 0 Å². The molecule has 1 saturated heterocycles.